The van der Waals surface area contributed by atoms with Crippen LogP contribution in [0.2, 0.25) is 0 Å². The van der Waals surface area contributed by atoms with Gasteiger partial charge in [0.15, 0.2) is 0 Å². The monoisotopic (exact) mass is 385 g/mol. The molecular formula is C24H23N3O2. The Balaban J connectivity index is 1.45. The van der Waals surface area contributed by atoms with E-state index in [1.165, 1.54) is 11.1 Å². The molecule has 3 aromatic rings. The summed E-state index contributed by atoms with van der Waals surface area (Å²) in [5.74, 6) is 0.725. The number of carbonyl (C=O) groups excluding carboxylic acids is 1. The van der Waals surface area contributed by atoms with Gasteiger partial charge in [0.1, 0.15) is 12.4 Å². The lowest BCUT2D eigenvalue weighted by molar-refractivity contribution is 0.0932. The van der Waals surface area contributed by atoms with Crippen LogP contribution in [0, 0.1) is 13.8 Å². The van der Waals surface area contributed by atoms with Gasteiger partial charge >= 0.3 is 0 Å². The Hall–Kier alpha value is -3.21. The Labute approximate surface area is 170 Å². The van der Waals surface area contributed by atoms with E-state index in [0.29, 0.717) is 12.2 Å². The van der Waals surface area contributed by atoms with E-state index in [-0.39, 0.29) is 11.4 Å². The number of nitrogens with one attached hydrogen (secondary N) is 1. The molecule has 2 aliphatic rings. The third-order valence-corrected chi connectivity index (χ3v) is 6.13. The summed E-state index contributed by atoms with van der Waals surface area (Å²) in [4.78, 5) is 12.8. The average Bonchev–Trinajstić information content (AvgIpc) is 3.52. The lowest BCUT2D eigenvalue weighted by Gasteiger charge is -2.16. The topological polar surface area (TPSA) is 64.1 Å². The van der Waals surface area contributed by atoms with E-state index in [9.17, 15) is 4.79 Å². The molecule has 146 valence electrons. The molecule has 5 rings (SSSR count). The van der Waals surface area contributed by atoms with Crippen molar-refractivity contribution in [2.75, 3.05) is 6.61 Å². The van der Waals surface area contributed by atoms with Gasteiger partial charge in [-0.2, -0.15) is 10.2 Å². The fourth-order valence-electron chi connectivity index (χ4n) is 3.94. The summed E-state index contributed by atoms with van der Waals surface area (Å²) in [5, 5.41) is 11.3. The molecule has 5 nitrogen and oxygen atoms in total. The van der Waals surface area contributed by atoms with E-state index in [1.807, 2.05) is 25.1 Å². The predicted molar refractivity (Wildman–Crippen MR) is 111 cm³/mol. The lowest BCUT2D eigenvalue weighted by Crippen LogP contribution is -2.38. The summed E-state index contributed by atoms with van der Waals surface area (Å²) in [7, 11) is 0. The summed E-state index contributed by atoms with van der Waals surface area (Å²) in [5.41, 5.74) is 6.99. The van der Waals surface area contributed by atoms with Gasteiger partial charge in [0.05, 0.1) is 16.8 Å². The number of hydrogen-bond acceptors (Lipinski definition) is 4. The van der Waals surface area contributed by atoms with Crippen LogP contribution in [0.4, 0.5) is 0 Å². The zero-order valence-electron chi connectivity index (χ0n) is 16.7. The van der Waals surface area contributed by atoms with Gasteiger partial charge in [-0.3, -0.25) is 4.79 Å². The Morgan fingerprint density at radius 2 is 1.90 bits per heavy atom. The van der Waals surface area contributed by atoms with Gasteiger partial charge in [-0.1, -0.05) is 24.3 Å². The molecule has 2 heterocycles. The number of carbonyl (C=O) groups is 1. The standard InChI is InChI=1S/C24H23N3O2/c1-15-16(2)22-20(23(28)26-24(9-10-24)14-29-22)13-19(15)12-17-5-7-18(8-6-17)21-4-3-11-25-27-21/h3-8,11,13H,9-10,12,14H2,1-2H3,(H,26,28). The fraction of sp³-hybridized carbons (Fsp3) is 0.292. The van der Waals surface area contributed by atoms with Crippen LogP contribution in [0.5, 0.6) is 5.75 Å². The maximum absolute atomic E-state index is 12.8. The molecule has 5 heteroatoms. The molecule has 1 saturated carbocycles. The second-order valence-electron chi connectivity index (χ2n) is 8.17. The van der Waals surface area contributed by atoms with Gasteiger partial charge < -0.3 is 10.1 Å². The Morgan fingerprint density at radius 1 is 1.10 bits per heavy atom. The van der Waals surface area contributed by atoms with Gasteiger partial charge in [0.2, 0.25) is 0 Å². The van der Waals surface area contributed by atoms with Crippen molar-refractivity contribution >= 4 is 5.91 Å². The Kier molecular flexibility index (Phi) is 4.12. The summed E-state index contributed by atoms with van der Waals surface area (Å²) in [6.07, 6.45) is 4.43. The number of aromatic nitrogens is 2. The number of benzene rings is 2. The van der Waals surface area contributed by atoms with Crippen LogP contribution in [0.1, 0.15) is 45.5 Å². The number of nitrogens with zero attached hydrogens (tertiary/aromatic N) is 2. The first-order chi connectivity index (χ1) is 14.0. The third-order valence-electron chi connectivity index (χ3n) is 6.13. The first-order valence-electron chi connectivity index (χ1n) is 10.0. The summed E-state index contributed by atoms with van der Waals surface area (Å²) < 4.78 is 6.08. The van der Waals surface area contributed by atoms with E-state index >= 15 is 0 Å². The van der Waals surface area contributed by atoms with Crippen LogP contribution in [0.25, 0.3) is 11.3 Å². The van der Waals surface area contributed by atoms with Crippen molar-refractivity contribution in [2.24, 2.45) is 0 Å². The molecule has 1 N–H and O–H groups in total. The van der Waals surface area contributed by atoms with Crippen molar-refractivity contribution in [3.63, 3.8) is 0 Å². The zero-order chi connectivity index (χ0) is 20.0. The number of ether oxygens (including phenoxy) is 1. The van der Waals surface area contributed by atoms with Crippen molar-refractivity contribution in [3.8, 4) is 17.0 Å². The van der Waals surface area contributed by atoms with Crippen LogP contribution >= 0.6 is 0 Å². The van der Waals surface area contributed by atoms with Crippen LogP contribution in [-0.2, 0) is 6.42 Å². The highest BCUT2D eigenvalue weighted by atomic mass is 16.5. The number of hydrogen-bond donors (Lipinski definition) is 1. The maximum Gasteiger partial charge on any atom is 0.255 e. The van der Waals surface area contributed by atoms with E-state index < -0.39 is 0 Å². The summed E-state index contributed by atoms with van der Waals surface area (Å²) >= 11 is 0. The van der Waals surface area contributed by atoms with E-state index in [0.717, 1.165) is 47.4 Å². The first-order valence-corrected chi connectivity index (χ1v) is 10.0. The molecule has 1 aliphatic carbocycles. The highest BCUT2D eigenvalue weighted by Gasteiger charge is 2.47. The van der Waals surface area contributed by atoms with Crippen molar-refractivity contribution in [3.05, 3.63) is 76.5 Å². The van der Waals surface area contributed by atoms with E-state index in [4.69, 9.17) is 4.74 Å². The Morgan fingerprint density at radius 3 is 2.59 bits per heavy atom. The summed E-state index contributed by atoms with van der Waals surface area (Å²) in [6.45, 7) is 4.72. The second kappa shape index (κ2) is 6.69. The lowest BCUT2D eigenvalue weighted by atomic mass is 9.93. The van der Waals surface area contributed by atoms with E-state index in [1.54, 1.807) is 6.20 Å². The molecule has 0 bridgehead atoms. The van der Waals surface area contributed by atoms with Crippen molar-refractivity contribution in [1.29, 1.82) is 0 Å². The molecule has 0 atom stereocenters. The third kappa shape index (κ3) is 3.27. The molecular weight excluding hydrogens is 362 g/mol. The highest BCUT2D eigenvalue weighted by molar-refractivity contribution is 5.99. The molecule has 0 saturated heterocycles. The normalized spacial score (nSPS) is 16.6. The number of amides is 1. The van der Waals surface area contributed by atoms with Crippen LogP contribution in [0.3, 0.4) is 0 Å². The molecule has 1 spiro atoms. The maximum atomic E-state index is 12.8. The van der Waals surface area contributed by atoms with Gasteiger partial charge in [0, 0.05) is 11.8 Å². The average molecular weight is 385 g/mol. The van der Waals surface area contributed by atoms with Crippen LogP contribution in [-0.4, -0.2) is 28.3 Å². The highest BCUT2D eigenvalue weighted by Crippen LogP contribution is 2.41. The number of fused-ring (bicyclic) bond motifs is 1. The predicted octanol–water partition coefficient (Wildman–Crippen LogP) is 4.01. The quantitative estimate of drug-likeness (QED) is 0.740. The van der Waals surface area contributed by atoms with E-state index in [2.05, 4.69) is 46.7 Å². The fourth-order valence-corrected chi connectivity index (χ4v) is 3.94. The summed E-state index contributed by atoms with van der Waals surface area (Å²) in [6, 6.07) is 14.2. The second-order valence-corrected chi connectivity index (χ2v) is 8.17. The molecule has 29 heavy (non-hydrogen) atoms. The molecule has 0 radical (unpaired) electrons. The molecule has 1 aliphatic heterocycles. The van der Waals surface area contributed by atoms with Gasteiger partial charge in [-0.25, -0.2) is 0 Å². The minimum Gasteiger partial charge on any atom is -0.490 e. The molecule has 1 fully saturated rings. The zero-order valence-corrected chi connectivity index (χ0v) is 16.7. The van der Waals surface area contributed by atoms with Crippen molar-refractivity contribution in [1.82, 2.24) is 15.5 Å². The molecule has 2 aromatic carbocycles. The minimum absolute atomic E-state index is 0.0163. The van der Waals surface area contributed by atoms with Crippen LogP contribution < -0.4 is 10.1 Å². The largest absolute Gasteiger partial charge is 0.490 e. The van der Waals surface area contributed by atoms with Gasteiger partial charge in [-0.05, 0) is 73.6 Å². The number of rotatable bonds is 3. The van der Waals surface area contributed by atoms with Crippen molar-refractivity contribution in [2.45, 2.75) is 38.6 Å². The first kappa shape index (κ1) is 17.9. The van der Waals surface area contributed by atoms with Gasteiger partial charge in [-0.15, -0.1) is 0 Å². The minimum atomic E-state index is -0.146. The molecule has 0 unspecified atom stereocenters. The van der Waals surface area contributed by atoms with Crippen LogP contribution in [0.15, 0.2) is 48.7 Å². The van der Waals surface area contributed by atoms with Gasteiger partial charge in [0.25, 0.3) is 5.91 Å². The van der Waals surface area contributed by atoms with Crippen molar-refractivity contribution < 1.29 is 9.53 Å². The Bertz CT molecular complexity index is 1090. The molecule has 1 amide bonds. The SMILES string of the molecule is Cc1c(Cc2ccc(-c3cccnn3)cc2)cc2c(c1C)OCC1(CC1)NC2=O. The smallest absolute Gasteiger partial charge is 0.255 e. The molecule has 1 aromatic heterocycles.